The van der Waals surface area contributed by atoms with E-state index in [-0.39, 0.29) is 35.5 Å². The van der Waals surface area contributed by atoms with E-state index in [1.165, 1.54) is 6.07 Å². The summed E-state index contributed by atoms with van der Waals surface area (Å²) in [5.74, 6) is -1.14. The lowest BCUT2D eigenvalue weighted by molar-refractivity contribution is -0.121. The second kappa shape index (κ2) is 9.00. The Morgan fingerprint density at radius 2 is 1.85 bits per heavy atom. The van der Waals surface area contributed by atoms with Gasteiger partial charge in [-0.1, -0.05) is 12.1 Å². The second-order valence-corrected chi connectivity index (χ2v) is 8.79. The summed E-state index contributed by atoms with van der Waals surface area (Å²) < 4.78 is 23.7. The van der Waals surface area contributed by atoms with Gasteiger partial charge in [0, 0.05) is 18.9 Å². The number of likely N-dealkylation sites (tertiary alicyclic amines) is 1. The minimum absolute atomic E-state index is 0.0188. The molecule has 1 aromatic rings. The topological polar surface area (TPSA) is 130 Å². The molecule has 0 unspecified atom stereocenters. The first kappa shape index (κ1) is 20.2. The molecule has 1 heterocycles. The molecule has 1 aliphatic rings. The Hall–Kier alpha value is -2.13. The minimum Gasteiger partial charge on any atom is -0.506 e. The molecule has 1 aromatic carbocycles. The number of nitrogens with zero attached hydrogens (tertiary/aromatic N) is 1. The van der Waals surface area contributed by atoms with Gasteiger partial charge in [-0.2, -0.15) is 0 Å². The van der Waals surface area contributed by atoms with Gasteiger partial charge in [-0.25, -0.2) is 8.42 Å². The summed E-state index contributed by atoms with van der Waals surface area (Å²) in [7, 11) is -3.30. The van der Waals surface area contributed by atoms with Crippen LogP contribution in [0.5, 0.6) is 5.75 Å². The molecule has 2 amide bonds. The Labute approximate surface area is 153 Å². The molecule has 0 aliphatic carbocycles. The zero-order chi connectivity index (χ0) is 19.2. The number of benzene rings is 1. The number of hydrogen-bond acceptors (Lipinski definition) is 6. The molecule has 0 atom stereocenters. The highest BCUT2D eigenvalue weighted by atomic mass is 32.2. The quantitative estimate of drug-likeness (QED) is 0.555. The number of carbonyl (C=O) groups excluding carboxylic acids is 2. The summed E-state index contributed by atoms with van der Waals surface area (Å²) >= 11 is 0. The van der Waals surface area contributed by atoms with E-state index < -0.39 is 15.7 Å². The van der Waals surface area contributed by atoms with E-state index in [0.29, 0.717) is 38.2 Å². The van der Waals surface area contributed by atoms with Gasteiger partial charge in [0.2, 0.25) is 11.8 Å². The number of phenols is 1. The number of anilines is 1. The van der Waals surface area contributed by atoms with E-state index in [1.54, 1.807) is 18.2 Å². The number of nitrogens with two attached hydrogens (primary N) is 1. The van der Waals surface area contributed by atoms with Crippen molar-refractivity contribution in [3.63, 3.8) is 0 Å². The lowest BCUT2D eigenvalue weighted by Crippen LogP contribution is -2.40. The maximum atomic E-state index is 12.3. The van der Waals surface area contributed by atoms with Gasteiger partial charge in [0.1, 0.15) is 5.75 Å². The summed E-state index contributed by atoms with van der Waals surface area (Å²) in [6.45, 7) is 1.64. The van der Waals surface area contributed by atoms with Crippen molar-refractivity contribution in [2.45, 2.75) is 19.3 Å². The van der Waals surface area contributed by atoms with Crippen LogP contribution in [0.15, 0.2) is 24.3 Å². The van der Waals surface area contributed by atoms with Gasteiger partial charge in [0.05, 0.1) is 17.2 Å². The third-order valence-corrected chi connectivity index (χ3v) is 6.13. The molecule has 1 fully saturated rings. The third-order valence-electron chi connectivity index (χ3n) is 4.50. The molecule has 1 aliphatic heterocycles. The van der Waals surface area contributed by atoms with Crippen LogP contribution in [0.1, 0.15) is 19.3 Å². The Kier molecular flexibility index (Phi) is 6.98. The molecule has 0 saturated carbocycles. The standard InChI is InChI=1S/C17H25N3O5S/c18-16(22)7-11-26(24,25)12-10-20-8-5-13(6-9-20)17(23)19-14-3-1-2-4-15(14)21/h1-4,13,21H,5-12H2,(H2,18,22)(H,19,23). The first-order chi connectivity index (χ1) is 12.3. The molecule has 0 radical (unpaired) electrons. The highest BCUT2D eigenvalue weighted by molar-refractivity contribution is 7.91. The van der Waals surface area contributed by atoms with Crippen molar-refractivity contribution in [2.24, 2.45) is 11.7 Å². The first-order valence-corrected chi connectivity index (χ1v) is 10.4. The highest BCUT2D eigenvalue weighted by Crippen LogP contribution is 2.24. The number of aromatic hydroxyl groups is 1. The number of hydrogen-bond donors (Lipinski definition) is 3. The van der Waals surface area contributed by atoms with Crippen molar-refractivity contribution in [2.75, 3.05) is 36.5 Å². The smallest absolute Gasteiger partial charge is 0.227 e. The maximum absolute atomic E-state index is 12.3. The van der Waals surface area contributed by atoms with Crippen molar-refractivity contribution < 1.29 is 23.1 Å². The first-order valence-electron chi connectivity index (χ1n) is 8.57. The van der Waals surface area contributed by atoms with Gasteiger partial charge in [-0.3, -0.25) is 9.59 Å². The van der Waals surface area contributed by atoms with Crippen LogP contribution in [0.25, 0.3) is 0 Å². The summed E-state index contributed by atoms with van der Waals surface area (Å²) in [6, 6.07) is 6.56. The monoisotopic (exact) mass is 383 g/mol. The predicted octanol–water partition coefficient (Wildman–Crippen LogP) is 0.333. The summed E-state index contributed by atoms with van der Waals surface area (Å²) in [5.41, 5.74) is 5.37. The number of carbonyl (C=O) groups is 2. The molecule has 0 bridgehead atoms. The van der Waals surface area contributed by atoms with E-state index in [4.69, 9.17) is 5.73 Å². The fourth-order valence-electron chi connectivity index (χ4n) is 2.86. The van der Waals surface area contributed by atoms with Crippen LogP contribution in [0, 0.1) is 5.92 Å². The van der Waals surface area contributed by atoms with Crippen LogP contribution in [-0.4, -0.2) is 61.4 Å². The third kappa shape index (κ3) is 6.30. The number of phenolic OH excluding ortho intramolecular Hbond substituents is 1. The van der Waals surface area contributed by atoms with Crippen molar-refractivity contribution in [1.82, 2.24) is 4.90 Å². The molecule has 144 valence electrons. The average molecular weight is 383 g/mol. The molecule has 4 N–H and O–H groups in total. The second-order valence-electron chi connectivity index (χ2n) is 6.49. The van der Waals surface area contributed by atoms with Gasteiger partial charge in [0.15, 0.2) is 9.84 Å². The predicted molar refractivity (Wildman–Crippen MR) is 98.4 cm³/mol. The minimum atomic E-state index is -3.30. The molecule has 9 heteroatoms. The normalized spacial score (nSPS) is 16.3. The number of piperidine rings is 1. The molecule has 26 heavy (non-hydrogen) atoms. The summed E-state index contributed by atoms with van der Waals surface area (Å²) in [5, 5.41) is 12.4. The zero-order valence-corrected chi connectivity index (χ0v) is 15.4. The SMILES string of the molecule is NC(=O)CCS(=O)(=O)CCN1CCC(C(=O)Nc2ccccc2O)CC1. The Morgan fingerprint density at radius 3 is 2.46 bits per heavy atom. The van der Waals surface area contributed by atoms with Crippen LogP contribution in [0.3, 0.4) is 0 Å². The molecule has 8 nitrogen and oxygen atoms in total. The van der Waals surface area contributed by atoms with E-state index in [9.17, 15) is 23.1 Å². The van der Waals surface area contributed by atoms with Gasteiger partial charge in [0.25, 0.3) is 0 Å². The van der Waals surface area contributed by atoms with Crippen LogP contribution in [0.4, 0.5) is 5.69 Å². The van der Waals surface area contributed by atoms with Crippen LogP contribution >= 0.6 is 0 Å². The van der Waals surface area contributed by atoms with Crippen LogP contribution < -0.4 is 11.1 Å². The van der Waals surface area contributed by atoms with Crippen molar-refractivity contribution in [3.8, 4) is 5.75 Å². The van der Waals surface area contributed by atoms with Gasteiger partial charge >= 0.3 is 0 Å². The summed E-state index contributed by atoms with van der Waals surface area (Å²) in [4.78, 5) is 25.0. The lowest BCUT2D eigenvalue weighted by Gasteiger charge is -2.31. The van der Waals surface area contributed by atoms with Crippen LogP contribution in [0.2, 0.25) is 0 Å². The Bertz CT molecular complexity index is 743. The van der Waals surface area contributed by atoms with Gasteiger partial charge in [-0.05, 0) is 38.1 Å². The van der Waals surface area contributed by atoms with Gasteiger partial charge < -0.3 is 21.1 Å². The van der Waals surface area contributed by atoms with Crippen molar-refractivity contribution >= 4 is 27.3 Å². The van der Waals surface area contributed by atoms with Gasteiger partial charge in [-0.15, -0.1) is 0 Å². The number of para-hydroxylation sites is 2. The Balaban J connectivity index is 1.75. The number of rotatable bonds is 8. The van der Waals surface area contributed by atoms with Crippen molar-refractivity contribution in [3.05, 3.63) is 24.3 Å². The maximum Gasteiger partial charge on any atom is 0.227 e. The zero-order valence-electron chi connectivity index (χ0n) is 14.6. The molecule has 0 spiro atoms. The largest absolute Gasteiger partial charge is 0.506 e. The molecular formula is C17H25N3O5S. The summed E-state index contributed by atoms with van der Waals surface area (Å²) in [6.07, 6.45) is 1.10. The van der Waals surface area contributed by atoms with E-state index >= 15 is 0 Å². The van der Waals surface area contributed by atoms with E-state index in [1.807, 2.05) is 4.90 Å². The molecule has 0 aromatic heterocycles. The number of sulfone groups is 1. The highest BCUT2D eigenvalue weighted by Gasteiger charge is 2.26. The number of nitrogens with one attached hydrogen (secondary N) is 1. The van der Waals surface area contributed by atoms with Crippen molar-refractivity contribution in [1.29, 1.82) is 0 Å². The fraction of sp³-hybridized carbons (Fsp3) is 0.529. The molecule has 1 saturated heterocycles. The van der Waals surface area contributed by atoms with Crippen LogP contribution in [-0.2, 0) is 19.4 Å². The molecule has 2 rings (SSSR count). The fourth-order valence-corrected chi connectivity index (χ4v) is 4.11. The van der Waals surface area contributed by atoms with E-state index in [2.05, 4.69) is 5.32 Å². The average Bonchev–Trinajstić information content (AvgIpc) is 2.61. The Morgan fingerprint density at radius 1 is 1.19 bits per heavy atom. The number of primary amides is 1. The number of amides is 2. The lowest BCUT2D eigenvalue weighted by atomic mass is 9.96. The van der Waals surface area contributed by atoms with E-state index in [0.717, 1.165) is 0 Å². The molecular weight excluding hydrogens is 358 g/mol.